The van der Waals surface area contributed by atoms with Crippen molar-refractivity contribution in [2.45, 2.75) is 6.92 Å². The zero-order chi connectivity index (χ0) is 22.5. The van der Waals surface area contributed by atoms with E-state index in [0.29, 0.717) is 21.7 Å². The number of anilines is 2. The first-order valence-corrected chi connectivity index (χ1v) is 10.8. The number of nitrogens with two attached hydrogens (primary N) is 1. The fraction of sp³-hybridized carbons (Fsp3) is 0.0800. The second-order valence-corrected chi connectivity index (χ2v) is 8.04. The highest BCUT2D eigenvalue weighted by atomic mass is 32.1. The first kappa shape index (κ1) is 21.1. The number of rotatable bonds is 5. The van der Waals surface area contributed by atoms with E-state index in [4.69, 9.17) is 15.5 Å². The largest absolute Gasteiger partial charge is 0.497 e. The summed E-state index contributed by atoms with van der Waals surface area (Å²) in [6, 6.07) is 27.6. The lowest BCUT2D eigenvalue weighted by Crippen LogP contribution is -2.33. The monoisotopic (exact) mass is 440 g/mol. The number of methoxy groups -OCH3 is 1. The number of nitriles is 1. The van der Waals surface area contributed by atoms with Crippen molar-refractivity contribution in [1.82, 2.24) is 0 Å². The predicted molar refractivity (Wildman–Crippen MR) is 129 cm³/mol. The Labute approximate surface area is 190 Å². The van der Waals surface area contributed by atoms with Gasteiger partial charge in [0.05, 0.1) is 7.11 Å². The number of nitrogens with one attached hydrogen (secondary N) is 1. The molecule has 0 fully saturated rings. The fourth-order valence-electron chi connectivity index (χ4n) is 3.16. The van der Waals surface area contributed by atoms with Crippen LogP contribution in [0, 0.1) is 18.3 Å². The molecular weight excluding hydrogens is 418 g/mol. The van der Waals surface area contributed by atoms with Crippen molar-refractivity contribution < 1.29 is 9.30 Å². The SMILES string of the molecule is COc1ccc(-[n+]2c(N=C(Nc3ccccc3)c3ccc(C)cc3)sc(C#N)c2N)cc1. The molecule has 0 amide bonds. The number of nitrogens with zero attached hydrogens (tertiary/aromatic N) is 3. The summed E-state index contributed by atoms with van der Waals surface area (Å²) in [4.78, 5) is 5.33. The number of aliphatic imine (C=N–C) groups is 1. The molecule has 0 bridgehead atoms. The third kappa shape index (κ3) is 4.46. The third-order valence-corrected chi connectivity index (χ3v) is 5.82. The average molecular weight is 441 g/mol. The molecular formula is C25H22N5OS+. The predicted octanol–water partition coefficient (Wildman–Crippen LogP) is 4.99. The molecule has 7 heteroatoms. The summed E-state index contributed by atoms with van der Waals surface area (Å²) < 4.78 is 7.04. The van der Waals surface area contributed by atoms with E-state index in [2.05, 4.69) is 11.4 Å². The Kier molecular flexibility index (Phi) is 6.15. The van der Waals surface area contributed by atoms with E-state index >= 15 is 0 Å². The number of thiazole rings is 1. The Morgan fingerprint density at radius 2 is 1.72 bits per heavy atom. The zero-order valence-electron chi connectivity index (χ0n) is 17.7. The van der Waals surface area contributed by atoms with Crippen molar-refractivity contribution in [1.29, 1.82) is 5.26 Å². The van der Waals surface area contributed by atoms with Crippen molar-refractivity contribution in [2.24, 2.45) is 4.99 Å². The highest BCUT2D eigenvalue weighted by Crippen LogP contribution is 2.28. The first-order valence-electron chi connectivity index (χ1n) is 9.95. The van der Waals surface area contributed by atoms with Gasteiger partial charge in [0.25, 0.3) is 5.82 Å². The van der Waals surface area contributed by atoms with Gasteiger partial charge in [0, 0.05) is 11.3 Å². The quantitative estimate of drug-likeness (QED) is 0.260. The molecule has 3 aromatic carbocycles. The van der Waals surface area contributed by atoms with Crippen LogP contribution in [0.2, 0.25) is 0 Å². The number of hydrogen-bond donors (Lipinski definition) is 2. The number of aryl methyl sites for hydroxylation is 1. The van der Waals surface area contributed by atoms with Crippen LogP contribution in [0.15, 0.2) is 83.9 Å². The van der Waals surface area contributed by atoms with Gasteiger partial charge in [-0.15, -0.1) is 0 Å². The number of para-hydroxylation sites is 1. The van der Waals surface area contributed by atoms with Gasteiger partial charge in [-0.3, -0.25) is 0 Å². The molecule has 1 aromatic heterocycles. The molecule has 0 aliphatic heterocycles. The minimum Gasteiger partial charge on any atom is -0.497 e. The Hall–Kier alpha value is -4.15. The summed E-state index contributed by atoms with van der Waals surface area (Å²) in [5, 5.41) is 13.6. The van der Waals surface area contributed by atoms with Gasteiger partial charge in [-0.1, -0.05) is 40.9 Å². The molecule has 4 rings (SSSR count). The van der Waals surface area contributed by atoms with Crippen LogP contribution in [0.4, 0.5) is 16.6 Å². The molecule has 0 aliphatic rings. The van der Waals surface area contributed by atoms with Crippen molar-refractivity contribution in [3.05, 3.63) is 94.9 Å². The van der Waals surface area contributed by atoms with Gasteiger partial charge in [-0.25, -0.2) is 0 Å². The maximum absolute atomic E-state index is 9.59. The Bertz CT molecular complexity index is 1290. The van der Waals surface area contributed by atoms with Crippen LogP contribution < -0.4 is 20.4 Å². The van der Waals surface area contributed by atoms with E-state index < -0.39 is 0 Å². The van der Waals surface area contributed by atoms with E-state index in [1.807, 2.05) is 85.8 Å². The number of amidine groups is 1. The topological polar surface area (TPSA) is 87.3 Å². The number of benzene rings is 3. The molecule has 0 saturated carbocycles. The minimum atomic E-state index is 0.351. The highest BCUT2D eigenvalue weighted by molar-refractivity contribution is 7.15. The summed E-state index contributed by atoms with van der Waals surface area (Å²) >= 11 is 1.25. The van der Waals surface area contributed by atoms with Crippen LogP contribution in [0.25, 0.3) is 5.69 Å². The molecule has 0 saturated heterocycles. The van der Waals surface area contributed by atoms with Crippen molar-refractivity contribution in [3.8, 4) is 17.5 Å². The van der Waals surface area contributed by atoms with Crippen LogP contribution >= 0.6 is 11.3 Å². The zero-order valence-corrected chi connectivity index (χ0v) is 18.6. The Morgan fingerprint density at radius 1 is 1.03 bits per heavy atom. The second kappa shape index (κ2) is 9.33. The molecule has 6 nitrogen and oxygen atoms in total. The maximum Gasteiger partial charge on any atom is 0.329 e. The van der Waals surface area contributed by atoms with E-state index in [-0.39, 0.29) is 0 Å². The highest BCUT2D eigenvalue weighted by Gasteiger charge is 2.24. The van der Waals surface area contributed by atoms with Gasteiger partial charge >= 0.3 is 5.13 Å². The average Bonchev–Trinajstić information content (AvgIpc) is 3.14. The molecule has 1 heterocycles. The maximum atomic E-state index is 9.59. The number of hydrogen-bond acceptors (Lipinski definition) is 5. The first-order chi connectivity index (χ1) is 15.6. The van der Waals surface area contributed by atoms with Crippen LogP contribution in [0.5, 0.6) is 5.75 Å². The molecule has 3 N–H and O–H groups in total. The third-order valence-electron chi connectivity index (χ3n) is 4.86. The standard InChI is InChI=1S/C25H21N5OS/c1-17-8-10-18(11-9-17)24(28-19-6-4-3-5-7-19)29-25-30(23(27)22(16-26)32-25)20-12-14-21(31-2)15-13-20/h3-15H,27H2,1-2H3/p+1. The summed E-state index contributed by atoms with van der Waals surface area (Å²) in [6.07, 6.45) is 0. The van der Waals surface area contributed by atoms with Crippen LogP contribution in [-0.4, -0.2) is 12.9 Å². The van der Waals surface area contributed by atoms with Gasteiger partial charge < -0.3 is 15.8 Å². The lowest BCUT2D eigenvalue weighted by Gasteiger charge is -2.08. The van der Waals surface area contributed by atoms with Crippen LogP contribution in [0.3, 0.4) is 0 Å². The Morgan fingerprint density at radius 3 is 2.34 bits per heavy atom. The second-order valence-electron chi connectivity index (χ2n) is 7.06. The lowest BCUT2D eigenvalue weighted by atomic mass is 10.1. The molecule has 32 heavy (non-hydrogen) atoms. The van der Waals surface area contributed by atoms with E-state index in [1.54, 1.807) is 11.7 Å². The summed E-state index contributed by atoms with van der Waals surface area (Å²) in [6.45, 7) is 2.04. The Balaban J connectivity index is 1.86. The number of ether oxygens (including phenoxy) is 1. The molecule has 0 spiro atoms. The number of nitrogen functional groups attached to an aromatic ring is 1. The van der Waals surface area contributed by atoms with E-state index in [1.165, 1.54) is 11.3 Å². The van der Waals surface area contributed by atoms with Gasteiger partial charge in [-0.2, -0.15) is 9.83 Å². The molecule has 0 unspecified atom stereocenters. The fourth-order valence-corrected chi connectivity index (χ4v) is 4.01. The summed E-state index contributed by atoms with van der Waals surface area (Å²) in [5.74, 6) is 1.74. The summed E-state index contributed by atoms with van der Waals surface area (Å²) in [7, 11) is 1.62. The molecule has 0 atom stereocenters. The number of aromatic nitrogens is 1. The normalized spacial score (nSPS) is 11.1. The molecule has 4 aromatic rings. The van der Waals surface area contributed by atoms with Crippen molar-refractivity contribution in [3.63, 3.8) is 0 Å². The lowest BCUT2D eigenvalue weighted by molar-refractivity contribution is -0.561. The van der Waals surface area contributed by atoms with Crippen LogP contribution in [0.1, 0.15) is 16.0 Å². The summed E-state index contributed by atoms with van der Waals surface area (Å²) in [5.41, 5.74) is 10.1. The van der Waals surface area contributed by atoms with E-state index in [9.17, 15) is 5.26 Å². The van der Waals surface area contributed by atoms with Gasteiger partial charge in [0.2, 0.25) is 5.84 Å². The van der Waals surface area contributed by atoms with Gasteiger partial charge in [-0.05, 0) is 66.8 Å². The van der Waals surface area contributed by atoms with Gasteiger partial charge in [0.1, 0.15) is 17.5 Å². The van der Waals surface area contributed by atoms with Crippen molar-refractivity contribution in [2.75, 3.05) is 18.2 Å². The molecule has 0 radical (unpaired) electrons. The molecule has 0 aliphatic carbocycles. The van der Waals surface area contributed by atoms with Gasteiger partial charge in [0.15, 0.2) is 4.88 Å². The van der Waals surface area contributed by atoms with E-state index in [0.717, 1.165) is 28.3 Å². The minimum absolute atomic E-state index is 0.351. The smallest absolute Gasteiger partial charge is 0.329 e. The van der Waals surface area contributed by atoms with Crippen molar-refractivity contribution >= 4 is 33.8 Å². The molecule has 158 valence electrons. The van der Waals surface area contributed by atoms with Crippen LogP contribution in [-0.2, 0) is 0 Å².